The van der Waals surface area contributed by atoms with Crippen LogP contribution in [-0.4, -0.2) is 30.3 Å². The summed E-state index contributed by atoms with van der Waals surface area (Å²) in [4.78, 5) is 13.7. The van der Waals surface area contributed by atoms with Gasteiger partial charge in [0.25, 0.3) is 5.91 Å². The fourth-order valence-corrected chi connectivity index (χ4v) is 2.23. The summed E-state index contributed by atoms with van der Waals surface area (Å²) in [6, 6.07) is 1.72. The first kappa shape index (κ1) is 10.8. The smallest absolute Gasteiger partial charge is 0.265 e. The van der Waals surface area contributed by atoms with Crippen LogP contribution in [-0.2, 0) is 0 Å². The van der Waals surface area contributed by atoms with Crippen molar-refractivity contribution >= 4 is 40.4 Å². The van der Waals surface area contributed by atoms with Crippen LogP contribution in [0, 0.1) is 0 Å². The van der Waals surface area contributed by atoms with Crippen LogP contribution in [0.2, 0.25) is 5.02 Å². The normalized spacial score (nSPS) is 10.1. The summed E-state index contributed by atoms with van der Waals surface area (Å²) in [5.41, 5.74) is 0. The topological polar surface area (TPSA) is 20.3 Å². The second-order valence-corrected chi connectivity index (χ2v) is 4.21. The summed E-state index contributed by atoms with van der Waals surface area (Å²) < 4.78 is 0. The second kappa shape index (κ2) is 4.84. The van der Waals surface area contributed by atoms with Crippen LogP contribution in [0.4, 0.5) is 0 Å². The number of hydrogen-bond acceptors (Lipinski definition) is 2. The van der Waals surface area contributed by atoms with Crippen molar-refractivity contribution in [2.75, 3.05) is 19.5 Å². The zero-order chi connectivity index (χ0) is 9.84. The third kappa shape index (κ3) is 2.59. The molecular weight excluding hydrogens is 229 g/mol. The molecule has 0 N–H and O–H groups in total. The number of halogens is 2. The van der Waals surface area contributed by atoms with Gasteiger partial charge in [0.1, 0.15) is 4.88 Å². The molecule has 0 unspecified atom stereocenters. The van der Waals surface area contributed by atoms with Gasteiger partial charge in [-0.15, -0.1) is 22.9 Å². The van der Waals surface area contributed by atoms with Crippen LogP contribution in [0.3, 0.4) is 0 Å². The summed E-state index contributed by atoms with van der Waals surface area (Å²) in [7, 11) is 1.71. The Kier molecular flexibility index (Phi) is 4.03. The van der Waals surface area contributed by atoms with E-state index in [1.807, 2.05) is 0 Å². The highest BCUT2D eigenvalue weighted by Crippen LogP contribution is 2.23. The van der Waals surface area contributed by atoms with Crippen molar-refractivity contribution in [1.29, 1.82) is 0 Å². The molecule has 0 aliphatic rings. The van der Waals surface area contributed by atoms with E-state index >= 15 is 0 Å². The SMILES string of the molecule is CN(CCCl)C(=O)c1sccc1Cl. The Balaban J connectivity index is 2.73. The largest absolute Gasteiger partial charge is 0.340 e. The molecule has 5 heteroatoms. The Morgan fingerprint density at radius 2 is 2.38 bits per heavy atom. The van der Waals surface area contributed by atoms with Gasteiger partial charge in [-0.1, -0.05) is 11.6 Å². The highest BCUT2D eigenvalue weighted by atomic mass is 35.5. The summed E-state index contributed by atoms with van der Waals surface area (Å²) in [6.45, 7) is 0.536. The minimum atomic E-state index is -0.0688. The first-order valence-corrected chi connectivity index (χ1v) is 5.50. The summed E-state index contributed by atoms with van der Waals surface area (Å²) in [6.07, 6.45) is 0. The van der Waals surface area contributed by atoms with E-state index in [1.165, 1.54) is 11.3 Å². The molecule has 1 aromatic rings. The minimum absolute atomic E-state index is 0.0688. The van der Waals surface area contributed by atoms with Gasteiger partial charge in [-0.3, -0.25) is 4.79 Å². The lowest BCUT2D eigenvalue weighted by atomic mass is 10.4. The van der Waals surface area contributed by atoms with Gasteiger partial charge < -0.3 is 4.90 Å². The molecule has 0 spiro atoms. The molecule has 0 atom stereocenters. The molecule has 0 aliphatic carbocycles. The van der Waals surface area contributed by atoms with Gasteiger partial charge in [0.05, 0.1) is 5.02 Å². The van der Waals surface area contributed by atoms with Crippen molar-refractivity contribution in [1.82, 2.24) is 4.90 Å². The molecule has 1 aromatic heterocycles. The molecule has 72 valence electrons. The molecule has 0 aromatic carbocycles. The standard InChI is InChI=1S/C8H9Cl2NOS/c1-11(4-3-9)8(12)7-6(10)2-5-13-7/h2,5H,3-4H2,1H3. The van der Waals surface area contributed by atoms with Crippen LogP contribution in [0.25, 0.3) is 0 Å². The molecule has 0 aliphatic heterocycles. The highest BCUT2D eigenvalue weighted by molar-refractivity contribution is 7.12. The summed E-state index contributed by atoms with van der Waals surface area (Å²) in [5.74, 6) is 0.367. The number of carbonyl (C=O) groups excluding carboxylic acids is 1. The molecule has 1 amide bonds. The van der Waals surface area contributed by atoms with Crippen LogP contribution < -0.4 is 0 Å². The monoisotopic (exact) mass is 237 g/mol. The zero-order valence-electron chi connectivity index (χ0n) is 7.09. The van der Waals surface area contributed by atoms with E-state index in [0.717, 1.165) is 0 Å². The van der Waals surface area contributed by atoms with Crippen molar-refractivity contribution in [3.8, 4) is 0 Å². The fourth-order valence-electron chi connectivity index (χ4n) is 0.848. The fraction of sp³-hybridized carbons (Fsp3) is 0.375. The lowest BCUT2D eigenvalue weighted by Crippen LogP contribution is -2.27. The molecule has 13 heavy (non-hydrogen) atoms. The van der Waals surface area contributed by atoms with E-state index in [-0.39, 0.29) is 5.91 Å². The second-order valence-electron chi connectivity index (χ2n) is 2.51. The molecular formula is C8H9Cl2NOS. The number of thiophene rings is 1. The number of nitrogens with zero attached hydrogens (tertiary/aromatic N) is 1. The van der Waals surface area contributed by atoms with Gasteiger partial charge in [0, 0.05) is 19.5 Å². The third-order valence-corrected chi connectivity index (χ3v) is 3.08. The molecule has 0 fully saturated rings. The van der Waals surface area contributed by atoms with E-state index in [9.17, 15) is 4.79 Å². The Hall–Kier alpha value is -0.250. The molecule has 0 saturated heterocycles. The van der Waals surface area contributed by atoms with E-state index in [0.29, 0.717) is 22.3 Å². The van der Waals surface area contributed by atoms with Crippen LogP contribution in [0.15, 0.2) is 11.4 Å². The van der Waals surface area contributed by atoms with Gasteiger partial charge in [0.15, 0.2) is 0 Å². The predicted molar refractivity (Wildman–Crippen MR) is 57.0 cm³/mol. The molecule has 2 nitrogen and oxygen atoms in total. The van der Waals surface area contributed by atoms with Crippen molar-refractivity contribution in [3.05, 3.63) is 21.3 Å². The van der Waals surface area contributed by atoms with Crippen molar-refractivity contribution in [2.45, 2.75) is 0 Å². The van der Waals surface area contributed by atoms with Crippen molar-refractivity contribution in [3.63, 3.8) is 0 Å². The molecule has 1 heterocycles. The minimum Gasteiger partial charge on any atom is -0.340 e. The zero-order valence-corrected chi connectivity index (χ0v) is 9.42. The van der Waals surface area contributed by atoms with Gasteiger partial charge in [-0.05, 0) is 11.4 Å². The molecule has 0 bridgehead atoms. The molecule has 0 radical (unpaired) electrons. The van der Waals surface area contributed by atoms with Crippen molar-refractivity contribution in [2.24, 2.45) is 0 Å². The average Bonchev–Trinajstić information content (AvgIpc) is 2.50. The first-order chi connectivity index (χ1) is 6.16. The first-order valence-electron chi connectivity index (χ1n) is 3.71. The van der Waals surface area contributed by atoms with E-state index in [4.69, 9.17) is 23.2 Å². The Morgan fingerprint density at radius 1 is 1.69 bits per heavy atom. The number of alkyl halides is 1. The maximum absolute atomic E-state index is 11.6. The van der Waals surface area contributed by atoms with E-state index < -0.39 is 0 Å². The Morgan fingerprint density at radius 3 is 2.85 bits per heavy atom. The third-order valence-electron chi connectivity index (χ3n) is 1.58. The number of carbonyl (C=O) groups is 1. The summed E-state index contributed by atoms with van der Waals surface area (Å²) >= 11 is 12.7. The van der Waals surface area contributed by atoms with Crippen LogP contribution >= 0.6 is 34.5 Å². The number of hydrogen-bond donors (Lipinski definition) is 0. The number of amides is 1. The highest BCUT2D eigenvalue weighted by Gasteiger charge is 2.15. The van der Waals surface area contributed by atoms with E-state index in [2.05, 4.69) is 0 Å². The van der Waals surface area contributed by atoms with Crippen molar-refractivity contribution < 1.29 is 4.79 Å². The maximum atomic E-state index is 11.6. The lowest BCUT2D eigenvalue weighted by Gasteiger charge is -2.14. The van der Waals surface area contributed by atoms with Gasteiger partial charge in [-0.25, -0.2) is 0 Å². The average molecular weight is 238 g/mol. The predicted octanol–water partition coefficient (Wildman–Crippen LogP) is 2.71. The van der Waals surface area contributed by atoms with Gasteiger partial charge >= 0.3 is 0 Å². The van der Waals surface area contributed by atoms with E-state index in [1.54, 1.807) is 23.4 Å². The maximum Gasteiger partial charge on any atom is 0.265 e. The summed E-state index contributed by atoms with van der Waals surface area (Å²) in [5, 5.41) is 2.31. The number of rotatable bonds is 3. The lowest BCUT2D eigenvalue weighted by molar-refractivity contribution is 0.0808. The van der Waals surface area contributed by atoms with Crippen LogP contribution in [0.5, 0.6) is 0 Å². The Bertz CT molecular complexity index is 300. The molecule has 1 rings (SSSR count). The van der Waals surface area contributed by atoms with Gasteiger partial charge in [0.2, 0.25) is 0 Å². The van der Waals surface area contributed by atoms with Gasteiger partial charge in [-0.2, -0.15) is 0 Å². The van der Waals surface area contributed by atoms with Crippen LogP contribution in [0.1, 0.15) is 9.67 Å². The Labute approximate surface area is 91.1 Å². The quantitative estimate of drug-likeness (QED) is 0.741. The molecule has 0 saturated carbocycles.